The number of nitrogen functional groups attached to an aromatic ring is 1. The zero-order valence-electron chi connectivity index (χ0n) is 18.3. The van der Waals surface area contributed by atoms with Gasteiger partial charge in [0.1, 0.15) is 5.82 Å². The van der Waals surface area contributed by atoms with Crippen molar-refractivity contribution in [1.29, 1.82) is 0 Å². The molecule has 6 rings (SSSR count). The van der Waals surface area contributed by atoms with Crippen molar-refractivity contribution < 1.29 is 17.9 Å². The summed E-state index contributed by atoms with van der Waals surface area (Å²) in [5, 5.41) is 4.68. The Hall–Kier alpha value is -2.13. The van der Waals surface area contributed by atoms with E-state index in [-0.39, 0.29) is 6.04 Å². The van der Waals surface area contributed by atoms with Crippen LogP contribution in [0.4, 0.5) is 19.0 Å². The molecule has 172 valence electrons. The van der Waals surface area contributed by atoms with Crippen molar-refractivity contribution in [2.75, 3.05) is 32.0 Å². The summed E-state index contributed by atoms with van der Waals surface area (Å²) in [4.78, 5) is 6.41. The second kappa shape index (κ2) is 6.70. The molecule has 0 aromatic carbocycles. The van der Waals surface area contributed by atoms with Gasteiger partial charge in [-0.1, -0.05) is 0 Å². The third kappa shape index (κ3) is 3.08. The molecule has 32 heavy (non-hydrogen) atoms. The van der Waals surface area contributed by atoms with Gasteiger partial charge in [0, 0.05) is 54.0 Å². The van der Waals surface area contributed by atoms with Crippen LogP contribution in [0.5, 0.6) is 0 Å². The molecule has 2 saturated carbocycles. The molecule has 4 aliphatic rings. The second-order valence-corrected chi connectivity index (χ2v) is 10.5. The normalized spacial score (nSPS) is 30.9. The Morgan fingerprint density at radius 2 is 1.84 bits per heavy atom. The monoisotopic (exact) mass is 447 g/mol. The molecule has 0 radical (unpaired) electrons. The van der Waals surface area contributed by atoms with Crippen LogP contribution in [0, 0.1) is 17.3 Å². The topological polar surface area (TPSA) is 69.2 Å². The van der Waals surface area contributed by atoms with Gasteiger partial charge in [-0.15, -0.1) is 0 Å². The number of hydrogen-bond donors (Lipinski definition) is 1. The van der Waals surface area contributed by atoms with Crippen LogP contribution in [0.3, 0.4) is 0 Å². The Morgan fingerprint density at radius 1 is 1.16 bits per heavy atom. The number of pyridine rings is 1. The van der Waals surface area contributed by atoms with Crippen LogP contribution < -0.4 is 5.73 Å². The van der Waals surface area contributed by atoms with E-state index in [9.17, 15) is 13.2 Å². The molecule has 0 unspecified atom stereocenters. The van der Waals surface area contributed by atoms with Gasteiger partial charge in [-0.05, 0) is 50.7 Å². The lowest BCUT2D eigenvalue weighted by molar-refractivity contribution is -0.198. The van der Waals surface area contributed by atoms with E-state index in [0.29, 0.717) is 40.5 Å². The summed E-state index contributed by atoms with van der Waals surface area (Å²) in [5.74, 6) is 1.23. The minimum Gasteiger partial charge on any atom is -0.383 e. The Bertz CT molecular complexity index is 1040. The van der Waals surface area contributed by atoms with Crippen LogP contribution in [0.25, 0.3) is 11.3 Å². The van der Waals surface area contributed by atoms with E-state index in [1.54, 1.807) is 0 Å². The molecule has 0 amide bonds. The van der Waals surface area contributed by atoms with E-state index in [0.717, 1.165) is 25.0 Å². The SMILES string of the molecule is CC(C)n1nc(-c2cnc(N)c(C(F)(F)F)c2)cc1[C@H]1[C@@H]2C[C@@H](N3CC4(COC4)C3)C[C@@H]21. The summed E-state index contributed by atoms with van der Waals surface area (Å²) >= 11 is 0. The highest BCUT2D eigenvalue weighted by Gasteiger charge is 2.61. The van der Waals surface area contributed by atoms with Crippen LogP contribution in [-0.2, 0) is 10.9 Å². The zero-order valence-corrected chi connectivity index (χ0v) is 18.3. The van der Waals surface area contributed by atoms with Crippen molar-refractivity contribution in [3.8, 4) is 11.3 Å². The molecule has 2 saturated heterocycles. The van der Waals surface area contributed by atoms with Crippen molar-refractivity contribution >= 4 is 5.82 Å². The molecular formula is C23H28F3N5O. The van der Waals surface area contributed by atoms with Crippen molar-refractivity contribution in [1.82, 2.24) is 19.7 Å². The van der Waals surface area contributed by atoms with E-state index in [1.165, 1.54) is 32.1 Å². The Labute approximate surface area is 184 Å². The quantitative estimate of drug-likeness (QED) is 0.769. The lowest BCUT2D eigenvalue weighted by Crippen LogP contribution is -2.67. The standard InChI is InChI=1S/C23H28F3N5O/c1-12(2)31-19(6-18(29-31)13-3-17(23(24,25)26)21(27)28-7-13)20-15-4-14(5-16(15)20)30-8-22(9-30)10-32-11-22/h3,6-7,12,14-16,20H,4-5,8-11H2,1-2H3,(H2,27,28)/t14-,15-,16+,20+. The van der Waals surface area contributed by atoms with Gasteiger partial charge in [-0.25, -0.2) is 4.98 Å². The highest BCUT2D eigenvalue weighted by atomic mass is 19.4. The first-order chi connectivity index (χ1) is 15.2. The van der Waals surface area contributed by atoms with E-state index < -0.39 is 17.6 Å². The Balaban J connectivity index is 1.21. The minimum absolute atomic E-state index is 0.133. The number of anilines is 1. The maximum atomic E-state index is 13.3. The predicted molar refractivity (Wildman–Crippen MR) is 113 cm³/mol. The van der Waals surface area contributed by atoms with Gasteiger partial charge in [-0.3, -0.25) is 9.58 Å². The molecule has 1 spiro atoms. The third-order valence-corrected chi connectivity index (χ3v) is 7.94. The first-order valence-corrected chi connectivity index (χ1v) is 11.4. The van der Waals surface area contributed by atoms with Gasteiger partial charge in [0.05, 0.1) is 24.5 Å². The van der Waals surface area contributed by atoms with Gasteiger partial charge in [0.2, 0.25) is 0 Å². The van der Waals surface area contributed by atoms with Crippen molar-refractivity contribution in [2.24, 2.45) is 17.3 Å². The largest absolute Gasteiger partial charge is 0.419 e. The number of rotatable bonds is 4. The Morgan fingerprint density at radius 3 is 2.41 bits per heavy atom. The number of nitrogens with two attached hydrogens (primary N) is 1. The summed E-state index contributed by atoms with van der Waals surface area (Å²) in [6, 6.07) is 3.83. The molecule has 2 aliphatic heterocycles. The molecule has 2 aromatic heterocycles. The summed E-state index contributed by atoms with van der Waals surface area (Å²) in [5.41, 5.74) is 7.03. The lowest BCUT2D eigenvalue weighted by atomic mass is 9.76. The number of nitrogens with zero attached hydrogens (tertiary/aromatic N) is 4. The van der Waals surface area contributed by atoms with Crippen molar-refractivity contribution in [2.45, 2.75) is 50.9 Å². The van der Waals surface area contributed by atoms with E-state index in [4.69, 9.17) is 10.5 Å². The summed E-state index contributed by atoms with van der Waals surface area (Å²) < 4.78 is 47.3. The van der Waals surface area contributed by atoms with Gasteiger partial charge in [-0.2, -0.15) is 18.3 Å². The third-order valence-electron chi connectivity index (χ3n) is 7.94. The van der Waals surface area contributed by atoms with Gasteiger partial charge >= 0.3 is 6.18 Å². The van der Waals surface area contributed by atoms with Crippen molar-refractivity contribution in [3.63, 3.8) is 0 Å². The number of fused-ring (bicyclic) bond motifs is 1. The van der Waals surface area contributed by atoms with Crippen LogP contribution in [0.1, 0.15) is 49.9 Å². The summed E-state index contributed by atoms with van der Waals surface area (Å²) in [6.07, 6.45) is -0.756. The average molecular weight is 448 g/mol. The Kier molecular flexibility index (Phi) is 4.28. The maximum Gasteiger partial charge on any atom is 0.419 e. The van der Waals surface area contributed by atoms with Gasteiger partial charge < -0.3 is 10.5 Å². The number of likely N-dealkylation sites (tertiary alicyclic amines) is 1. The van der Waals surface area contributed by atoms with E-state index in [2.05, 4.69) is 28.8 Å². The molecule has 4 fully saturated rings. The molecule has 2 N–H and O–H groups in total. The molecule has 4 heterocycles. The number of hydrogen-bond acceptors (Lipinski definition) is 5. The van der Waals surface area contributed by atoms with Crippen LogP contribution in [0.15, 0.2) is 18.3 Å². The average Bonchev–Trinajstić information content (AvgIpc) is 3.02. The van der Waals surface area contributed by atoms with Crippen LogP contribution >= 0.6 is 0 Å². The summed E-state index contributed by atoms with van der Waals surface area (Å²) in [7, 11) is 0. The first-order valence-electron chi connectivity index (χ1n) is 11.4. The number of alkyl halides is 3. The number of halogens is 3. The molecule has 2 aliphatic carbocycles. The summed E-state index contributed by atoms with van der Waals surface area (Å²) in [6.45, 7) is 8.28. The van der Waals surface area contributed by atoms with E-state index >= 15 is 0 Å². The van der Waals surface area contributed by atoms with Crippen LogP contribution in [-0.4, -0.2) is 52.0 Å². The van der Waals surface area contributed by atoms with E-state index in [1.807, 2.05) is 10.7 Å². The number of ether oxygens (including phenoxy) is 1. The molecule has 4 atom stereocenters. The van der Waals surface area contributed by atoms with Crippen molar-refractivity contribution in [3.05, 3.63) is 29.6 Å². The molecule has 2 aromatic rings. The van der Waals surface area contributed by atoms with Crippen LogP contribution in [0.2, 0.25) is 0 Å². The molecular weight excluding hydrogens is 419 g/mol. The fourth-order valence-corrected chi connectivity index (χ4v) is 6.25. The molecule has 6 nitrogen and oxygen atoms in total. The highest BCUT2D eigenvalue weighted by Crippen LogP contribution is 2.65. The highest BCUT2D eigenvalue weighted by molar-refractivity contribution is 5.63. The second-order valence-electron chi connectivity index (χ2n) is 10.5. The fraction of sp³-hybridized carbons (Fsp3) is 0.652. The predicted octanol–water partition coefficient (Wildman–Crippen LogP) is 3.95. The zero-order chi connectivity index (χ0) is 22.4. The molecule has 0 bridgehead atoms. The first kappa shape index (κ1) is 20.5. The lowest BCUT2D eigenvalue weighted by Gasteiger charge is -2.57. The fourth-order valence-electron chi connectivity index (χ4n) is 6.25. The maximum absolute atomic E-state index is 13.3. The number of aromatic nitrogens is 3. The molecule has 9 heteroatoms. The smallest absolute Gasteiger partial charge is 0.383 e. The van der Waals surface area contributed by atoms with Gasteiger partial charge in [0.15, 0.2) is 0 Å². The van der Waals surface area contributed by atoms with Gasteiger partial charge in [0.25, 0.3) is 0 Å². The minimum atomic E-state index is -4.54.